The van der Waals surface area contributed by atoms with E-state index >= 15 is 0 Å². The summed E-state index contributed by atoms with van der Waals surface area (Å²) in [5.41, 5.74) is 2.67. The highest BCUT2D eigenvalue weighted by molar-refractivity contribution is 6.31. The zero-order valence-electron chi connectivity index (χ0n) is 12.5. The standard InChI is InChI=1S/C17H20ClFN2/c1-12-8-9-14(11-15(12)18)20-17(21(2)3)10-13-6-4-5-7-16(13)19/h4-9,11,17,20H,10H2,1-3H3. The largest absolute Gasteiger partial charge is 0.369 e. The van der Waals surface area contributed by atoms with Crippen LogP contribution in [0.5, 0.6) is 0 Å². The van der Waals surface area contributed by atoms with Crippen LogP contribution in [0, 0.1) is 12.7 Å². The van der Waals surface area contributed by atoms with Crippen molar-refractivity contribution in [3.05, 3.63) is 64.4 Å². The zero-order valence-corrected chi connectivity index (χ0v) is 13.3. The van der Waals surface area contributed by atoms with Crippen LogP contribution in [0.4, 0.5) is 10.1 Å². The number of rotatable bonds is 5. The molecule has 0 spiro atoms. The van der Waals surface area contributed by atoms with Crippen LogP contribution in [0.15, 0.2) is 42.5 Å². The van der Waals surface area contributed by atoms with E-state index in [9.17, 15) is 4.39 Å². The fourth-order valence-corrected chi connectivity index (χ4v) is 2.29. The van der Waals surface area contributed by atoms with Crippen molar-refractivity contribution in [1.29, 1.82) is 0 Å². The number of likely N-dealkylation sites (N-methyl/N-ethyl adjacent to an activating group) is 1. The molecule has 0 bridgehead atoms. The van der Waals surface area contributed by atoms with Crippen molar-refractivity contribution in [2.45, 2.75) is 19.5 Å². The number of hydrogen-bond acceptors (Lipinski definition) is 2. The summed E-state index contributed by atoms with van der Waals surface area (Å²) in [6, 6.07) is 12.7. The van der Waals surface area contributed by atoms with E-state index in [4.69, 9.17) is 11.6 Å². The molecule has 4 heteroatoms. The van der Waals surface area contributed by atoms with E-state index in [1.54, 1.807) is 6.07 Å². The lowest BCUT2D eigenvalue weighted by atomic mass is 10.1. The SMILES string of the molecule is Cc1ccc(NC(Cc2ccccc2F)N(C)C)cc1Cl. The molecule has 0 saturated carbocycles. The maximum Gasteiger partial charge on any atom is 0.126 e. The van der Waals surface area contributed by atoms with Crippen molar-refractivity contribution in [3.63, 3.8) is 0 Å². The van der Waals surface area contributed by atoms with Crippen molar-refractivity contribution in [3.8, 4) is 0 Å². The highest BCUT2D eigenvalue weighted by Gasteiger charge is 2.14. The first-order valence-corrected chi connectivity index (χ1v) is 7.27. The van der Waals surface area contributed by atoms with E-state index in [-0.39, 0.29) is 12.0 Å². The molecule has 1 atom stereocenters. The maximum atomic E-state index is 13.8. The van der Waals surface area contributed by atoms with Gasteiger partial charge >= 0.3 is 0 Å². The van der Waals surface area contributed by atoms with E-state index in [1.807, 2.05) is 56.3 Å². The average molecular weight is 307 g/mol. The summed E-state index contributed by atoms with van der Waals surface area (Å²) in [7, 11) is 3.93. The second kappa shape index (κ2) is 6.92. The molecule has 2 aromatic rings. The van der Waals surface area contributed by atoms with Crippen molar-refractivity contribution < 1.29 is 4.39 Å². The first-order valence-electron chi connectivity index (χ1n) is 6.90. The van der Waals surface area contributed by atoms with Crippen molar-refractivity contribution in [2.24, 2.45) is 0 Å². The third-order valence-corrected chi connectivity index (χ3v) is 3.91. The average Bonchev–Trinajstić information content (AvgIpc) is 2.44. The molecule has 2 rings (SSSR count). The first kappa shape index (κ1) is 15.8. The van der Waals surface area contributed by atoms with Crippen LogP contribution in [0.3, 0.4) is 0 Å². The van der Waals surface area contributed by atoms with Gasteiger partial charge < -0.3 is 5.32 Å². The molecular weight excluding hydrogens is 287 g/mol. The summed E-state index contributed by atoms with van der Waals surface area (Å²) >= 11 is 6.15. The van der Waals surface area contributed by atoms with Crippen LogP contribution in [-0.4, -0.2) is 25.2 Å². The van der Waals surface area contributed by atoms with Crippen LogP contribution in [-0.2, 0) is 6.42 Å². The Balaban J connectivity index is 2.16. The lowest BCUT2D eigenvalue weighted by Gasteiger charge is -2.27. The Bertz CT molecular complexity index is 613. The summed E-state index contributed by atoms with van der Waals surface area (Å²) < 4.78 is 13.8. The fraction of sp³-hybridized carbons (Fsp3) is 0.294. The van der Waals surface area contributed by atoms with Gasteiger partial charge in [0.2, 0.25) is 0 Å². The Hall–Kier alpha value is -1.58. The van der Waals surface area contributed by atoms with Gasteiger partial charge in [0.1, 0.15) is 5.82 Å². The van der Waals surface area contributed by atoms with Gasteiger partial charge in [0.15, 0.2) is 0 Å². The summed E-state index contributed by atoms with van der Waals surface area (Å²) in [5.74, 6) is -0.173. The minimum atomic E-state index is -0.173. The van der Waals surface area contributed by atoms with Crippen LogP contribution >= 0.6 is 11.6 Å². The topological polar surface area (TPSA) is 15.3 Å². The highest BCUT2D eigenvalue weighted by atomic mass is 35.5. The van der Waals surface area contributed by atoms with E-state index < -0.39 is 0 Å². The van der Waals surface area contributed by atoms with E-state index in [0.717, 1.165) is 16.3 Å². The van der Waals surface area contributed by atoms with Gasteiger partial charge in [0.05, 0.1) is 6.17 Å². The van der Waals surface area contributed by atoms with Crippen molar-refractivity contribution in [2.75, 3.05) is 19.4 Å². The fourth-order valence-electron chi connectivity index (χ4n) is 2.11. The van der Waals surface area contributed by atoms with E-state index in [1.165, 1.54) is 6.07 Å². The summed E-state index contributed by atoms with van der Waals surface area (Å²) in [6.45, 7) is 1.97. The second-order valence-corrected chi connectivity index (χ2v) is 5.79. The number of nitrogens with zero attached hydrogens (tertiary/aromatic N) is 1. The molecule has 0 saturated heterocycles. The Morgan fingerprint density at radius 2 is 1.90 bits per heavy atom. The molecule has 0 radical (unpaired) electrons. The van der Waals surface area contributed by atoms with Crippen molar-refractivity contribution in [1.82, 2.24) is 4.90 Å². The molecule has 2 nitrogen and oxygen atoms in total. The second-order valence-electron chi connectivity index (χ2n) is 5.38. The Morgan fingerprint density at radius 3 is 2.52 bits per heavy atom. The molecule has 1 unspecified atom stereocenters. The number of benzene rings is 2. The number of nitrogens with one attached hydrogen (secondary N) is 1. The molecule has 0 aliphatic carbocycles. The predicted octanol–water partition coefficient (Wildman–Crippen LogP) is 4.33. The number of aryl methyl sites for hydroxylation is 1. The van der Waals surface area contributed by atoms with Crippen LogP contribution < -0.4 is 5.32 Å². The highest BCUT2D eigenvalue weighted by Crippen LogP contribution is 2.21. The van der Waals surface area contributed by atoms with Crippen LogP contribution in [0.25, 0.3) is 0 Å². The first-order chi connectivity index (χ1) is 9.97. The molecule has 0 amide bonds. The predicted molar refractivity (Wildman–Crippen MR) is 87.4 cm³/mol. The van der Waals surface area contributed by atoms with Crippen molar-refractivity contribution >= 4 is 17.3 Å². The van der Waals surface area contributed by atoms with Gasteiger partial charge in [-0.25, -0.2) is 4.39 Å². The molecule has 1 N–H and O–H groups in total. The molecule has 2 aromatic carbocycles. The number of anilines is 1. The third-order valence-electron chi connectivity index (χ3n) is 3.50. The molecule has 112 valence electrons. The minimum Gasteiger partial charge on any atom is -0.369 e. The van der Waals surface area contributed by atoms with Crippen LogP contribution in [0.1, 0.15) is 11.1 Å². The maximum absolute atomic E-state index is 13.8. The monoisotopic (exact) mass is 306 g/mol. The van der Waals surface area contributed by atoms with Gasteiger partial charge in [0, 0.05) is 17.1 Å². The van der Waals surface area contributed by atoms with Gasteiger partial charge in [-0.1, -0.05) is 35.9 Å². The van der Waals surface area contributed by atoms with Gasteiger partial charge in [-0.3, -0.25) is 4.90 Å². The normalized spacial score (nSPS) is 12.5. The number of hydrogen-bond donors (Lipinski definition) is 1. The summed E-state index contributed by atoms with van der Waals surface area (Å²) in [6.07, 6.45) is 0.561. The molecule has 0 aliphatic heterocycles. The lowest BCUT2D eigenvalue weighted by Crippen LogP contribution is -2.37. The zero-order chi connectivity index (χ0) is 15.4. The Labute approximate surface area is 130 Å². The van der Waals surface area contributed by atoms with Gasteiger partial charge in [0.25, 0.3) is 0 Å². The molecular formula is C17H20ClFN2. The molecule has 21 heavy (non-hydrogen) atoms. The Kier molecular flexibility index (Phi) is 5.21. The minimum absolute atomic E-state index is 0.0133. The van der Waals surface area contributed by atoms with Gasteiger partial charge in [-0.05, 0) is 50.3 Å². The van der Waals surface area contributed by atoms with Gasteiger partial charge in [-0.15, -0.1) is 0 Å². The molecule has 0 aliphatic rings. The van der Waals surface area contributed by atoms with E-state index in [2.05, 4.69) is 5.32 Å². The molecule has 0 aromatic heterocycles. The molecule has 0 fully saturated rings. The smallest absolute Gasteiger partial charge is 0.126 e. The molecule has 0 heterocycles. The van der Waals surface area contributed by atoms with E-state index in [0.29, 0.717) is 12.0 Å². The summed E-state index contributed by atoms with van der Waals surface area (Å²) in [4.78, 5) is 2.03. The number of halogens is 2. The third kappa shape index (κ3) is 4.19. The summed E-state index contributed by atoms with van der Waals surface area (Å²) in [5, 5.41) is 4.12. The lowest BCUT2D eigenvalue weighted by molar-refractivity contribution is 0.318. The van der Waals surface area contributed by atoms with Gasteiger partial charge in [-0.2, -0.15) is 0 Å². The quantitative estimate of drug-likeness (QED) is 0.827. The van der Waals surface area contributed by atoms with Crippen LogP contribution in [0.2, 0.25) is 5.02 Å². The Morgan fingerprint density at radius 1 is 1.19 bits per heavy atom.